The molecule has 0 amide bonds. The molecule has 0 aliphatic heterocycles. The highest BCUT2D eigenvalue weighted by atomic mass is 14.6. The van der Waals surface area contributed by atoms with Crippen LogP contribution in [0, 0.1) is 11.3 Å². The molecule has 1 unspecified atom stereocenters. The normalized spacial score (nSPS) is 13.9. The van der Waals surface area contributed by atoms with Gasteiger partial charge in [0, 0.05) is 12.4 Å². The standard InChI is InChI=1S/C13H16N2/c1-3-7-13(11-14,8-4-2)12-5-9-15-10-6-12/h3,5-6,9-10H,1,4,7-8H2,2H3. The molecule has 2 nitrogen and oxygen atoms in total. The van der Waals surface area contributed by atoms with Crippen LogP contribution < -0.4 is 0 Å². The van der Waals surface area contributed by atoms with E-state index < -0.39 is 5.41 Å². The largest absolute Gasteiger partial charge is 0.265 e. The summed E-state index contributed by atoms with van der Waals surface area (Å²) in [7, 11) is 0. The molecule has 1 heterocycles. The Bertz CT molecular complexity index is 351. The van der Waals surface area contributed by atoms with Gasteiger partial charge in [0.15, 0.2) is 0 Å². The van der Waals surface area contributed by atoms with E-state index in [2.05, 4.69) is 24.6 Å². The highest BCUT2D eigenvalue weighted by molar-refractivity contribution is 5.31. The monoisotopic (exact) mass is 200 g/mol. The first-order valence-electron chi connectivity index (χ1n) is 5.21. The van der Waals surface area contributed by atoms with Crippen LogP contribution in [0.25, 0.3) is 0 Å². The van der Waals surface area contributed by atoms with Crippen molar-refractivity contribution in [2.24, 2.45) is 0 Å². The van der Waals surface area contributed by atoms with Gasteiger partial charge < -0.3 is 0 Å². The van der Waals surface area contributed by atoms with Crippen LogP contribution in [-0.4, -0.2) is 4.98 Å². The number of pyridine rings is 1. The average Bonchev–Trinajstić information content (AvgIpc) is 2.30. The van der Waals surface area contributed by atoms with Gasteiger partial charge in [-0.3, -0.25) is 4.98 Å². The van der Waals surface area contributed by atoms with E-state index in [-0.39, 0.29) is 0 Å². The molecule has 0 saturated heterocycles. The zero-order valence-electron chi connectivity index (χ0n) is 9.11. The summed E-state index contributed by atoms with van der Waals surface area (Å²) >= 11 is 0. The van der Waals surface area contributed by atoms with Crippen molar-refractivity contribution in [2.75, 3.05) is 0 Å². The second-order valence-corrected chi connectivity index (χ2v) is 3.67. The molecule has 0 aliphatic rings. The van der Waals surface area contributed by atoms with Crippen molar-refractivity contribution in [1.82, 2.24) is 4.98 Å². The molecule has 0 radical (unpaired) electrons. The van der Waals surface area contributed by atoms with Gasteiger partial charge in [-0.2, -0.15) is 5.26 Å². The predicted molar refractivity (Wildman–Crippen MR) is 61.3 cm³/mol. The predicted octanol–water partition coefficient (Wildman–Crippen LogP) is 3.22. The average molecular weight is 200 g/mol. The van der Waals surface area contributed by atoms with Crippen LogP contribution >= 0.6 is 0 Å². The van der Waals surface area contributed by atoms with Crippen molar-refractivity contribution in [3.63, 3.8) is 0 Å². The molecular weight excluding hydrogens is 184 g/mol. The zero-order chi connectivity index (χ0) is 11.1. The molecule has 78 valence electrons. The van der Waals surface area contributed by atoms with Crippen LogP contribution in [-0.2, 0) is 5.41 Å². The summed E-state index contributed by atoms with van der Waals surface area (Å²) in [5.74, 6) is 0. The van der Waals surface area contributed by atoms with Crippen LogP contribution in [0.5, 0.6) is 0 Å². The minimum atomic E-state index is -0.417. The van der Waals surface area contributed by atoms with Crippen molar-refractivity contribution in [3.8, 4) is 6.07 Å². The fraction of sp³-hybridized carbons (Fsp3) is 0.385. The summed E-state index contributed by atoms with van der Waals surface area (Å²) in [6.07, 6.45) is 7.84. The number of hydrogen-bond acceptors (Lipinski definition) is 2. The summed E-state index contributed by atoms with van der Waals surface area (Å²) in [6.45, 7) is 5.83. The van der Waals surface area contributed by atoms with E-state index in [1.165, 1.54) is 0 Å². The highest BCUT2D eigenvalue weighted by Gasteiger charge is 2.29. The molecular formula is C13H16N2. The third kappa shape index (κ3) is 2.44. The SMILES string of the molecule is C=CCC(C#N)(CCC)c1ccncc1. The maximum absolute atomic E-state index is 9.37. The lowest BCUT2D eigenvalue weighted by Crippen LogP contribution is -2.23. The Labute approximate surface area is 91.3 Å². The third-order valence-corrected chi connectivity index (χ3v) is 2.62. The van der Waals surface area contributed by atoms with E-state index in [1.807, 2.05) is 18.2 Å². The maximum atomic E-state index is 9.37. The van der Waals surface area contributed by atoms with E-state index >= 15 is 0 Å². The van der Waals surface area contributed by atoms with Crippen LogP contribution in [0.1, 0.15) is 31.7 Å². The van der Waals surface area contributed by atoms with Gasteiger partial charge in [0.05, 0.1) is 11.5 Å². The number of rotatable bonds is 5. The first-order valence-corrected chi connectivity index (χ1v) is 5.21. The Morgan fingerprint density at radius 2 is 2.20 bits per heavy atom. The van der Waals surface area contributed by atoms with E-state index in [0.29, 0.717) is 6.42 Å². The van der Waals surface area contributed by atoms with Gasteiger partial charge >= 0.3 is 0 Å². The van der Waals surface area contributed by atoms with Crippen molar-refractivity contribution in [2.45, 2.75) is 31.6 Å². The molecule has 0 spiro atoms. The lowest BCUT2D eigenvalue weighted by molar-refractivity contribution is 0.501. The van der Waals surface area contributed by atoms with Crippen LogP contribution in [0.15, 0.2) is 37.2 Å². The molecule has 0 aliphatic carbocycles. The van der Waals surface area contributed by atoms with E-state index in [0.717, 1.165) is 18.4 Å². The van der Waals surface area contributed by atoms with Gasteiger partial charge in [0.1, 0.15) is 0 Å². The van der Waals surface area contributed by atoms with Gasteiger partial charge in [-0.1, -0.05) is 19.4 Å². The Morgan fingerprint density at radius 1 is 1.53 bits per heavy atom. The summed E-state index contributed by atoms with van der Waals surface area (Å²) in [6, 6.07) is 6.27. The topological polar surface area (TPSA) is 36.7 Å². The second kappa shape index (κ2) is 5.31. The molecule has 0 N–H and O–H groups in total. The fourth-order valence-electron chi connectivity index (χ4n) is 1.87. The van der Waals surface area contributed by atoms with Crippen LogP contribution in [0.2, 0.25) is 0 Å². The highest BCUT2D eigenvalue weighted by Crippen LogP contribution is 2.32. The zero-order valence-corrected chi connectivity index (χ0v) is 9.11. The smallest absolute Gasteiger partial charge is 0.0857 e. The summed E-state index contributed by atoms with van der Waals surface area (Å²) in [5, 5.41) is 9.37. The third-order valence-electron chi connectivity index (χ3n) is 2.62. The molecule has 0 bridgehead atoms. The van der Waals surface area contributed by atoms with Crippen molar-refractivity contribution in [3.05, 3.63) is 42.7 Å². The van der Waals surface area contributed by atoms with Crippen molar-refractivity contribution < 1.29 is 0 Å². The van der Waals surface area contributed by atoms with E-state index in [4.69, 9.17) is 0 Å². The van der Waals surface area contributed by atoms with Crippen molar-refractivity contribution >= 4 is 0 Å². The van der Waals surface area contributed by atoms with Gasteiger partial charge in [0.25, 0.3) is 0 Å². The first kappa shape index (κ1) is 11.5. The second-order valence-electron chi connectivity index (χ2n) is 3.67. The number of nitriles is 1. The molecule has 0 saturated carbocycles. The molecule has 1 atom stereocenters. The minimum Gasteiger partial charge on any atom is -0.265 e. The minimum absolute atomic E-state index is 0.417. The molecule has 1 rings (SSSR count). The Morgan fingerprint density at radius 3 is 2.67 bits per heavy atom. The maximum Gasteiger partial charge on any atom is 0.0857 e. The van der Waals surface area contributed by atoms with Gasteiger partial charge in [0.2, 0.25) is 0 Å². The fourth-order valence-corrected chi connectivity index (χ4v) is 1.87. The molecule has 1 aromatic rings. The molecule has 0 fully saturated rings. The lowest BCUT2D eigenvalue weighted by atomic mass is 9.76. The Kier molecular flexibility index (Phi) is 4.05. The molecule has 0 aromatic carbocycles. The summed E-state index contributed by atoms with van der Waals surface area (Å²) in [4.78, 5) is 3.98. The number of nitrogens with zero attached hydrogens (tertiary/aromatic N) is 2. The molecule has 1 aromatic heterocycles. The summed E-state index contributed by atoms with van der Waals surface area (Å²) < 4.78 is 0. The van der Waals surface area contributed by atoms with Crippen LogP contribution in [0.4, 0.5) is 0 Å². The van der Waals surface area contributed by atoms with Gasteiger partial charge in [-0.15, -0.1) is 6.58 Å². The first-order chi connectivity index (χ1) is 7.29. The number of hydrogen-bond donors (Lipinski definition) is 0. The van der Waals surface area contributed by atoms with Gasteiger partial charge in [-0.25, -0.2) is 0 Å². The van der Waals surface area contributed by atoms with Gasteiger partial charge in [-0.05, 0) is 30.5 Å². The van der Waals surface area contributed by atoms with E-state index in [1.54, 1.807) is 12.4 Å². The Balaban J connectivity index is 3.10. The van der Waals surface area contributed by atoms with Crippen molar-refractivity contribution in [1.29, 1.82) is 5.26 Å². The molecule has 2 heteroatoms. The summed E-state index contributed by atoms with van der Waals surface area (Å²) in [5.41, 5.74) is 0.626. The number of allylic oxidation sites excluding steroid dienone is 1. The number of aromatic nitrogens is 1. The van der Waals surface area contributed by atoms with E-state index in [9.17, 15) is 5.26 Å². The lowest BCUT2D eigenvalue weighted by Gasteiger charge is -2.25. The quantitative estimate of drug-likeness (QED) is 0.684. The Hall–Kier alpha value is -1.62. The molecule has 15 heavy (non-hydrogen) atoms. The van der Waals surface area contributed by atoms with Crippen LogP contribution in [0.3, 0.4) is 0 Å².